The molecule has 86 valence electrons. The number of pyridine rings is 1. The van der Waals surface area contributed by atoms with Crippen LogP contribution in [0.25, 0.3) is 11.3 Å². The number of carbonyl (C=O) groups is 1. The predicted octanol–water partition coefficient (Wildman–Crippen LogP) is 1.20. The number of aliphatic carboxylic acids is 1. The van der Waals surface area contributed by atoms with Crippen LogP contribution in [0, 0.1) is 5.92 Å². The van der Waals surface area contributed by atoms with Crippen molar-refractivity contribution in [3.8, 4) is 11.3 Å². The van der Waals surface area contributed by atoms with Gasteiger partial charge in [0.15, 0.2) is 0 Å². The maximum Gasteiger partial charge on any atom is 0.308 e. The summed E-state index contributed by atoms with van der Waals surface area (Å²) in [5.74, 6) is -0.241. The Morgan fingerprint density at radius 2 is 2.41 bits per heavy atom. The first-order chi connectivity index (χ1) is 8.24. The minimum atomic E-state index is -0.751. The van der Waals surface area contributed by atoms with Gasteiger partial charge < -0.3 is 9.67 Å². The first-order valence-corrected chi connectivity index (χ1v) is 5.43. The molecule has 1 aliphatic heterocycles. The Morgan fingerprint density at radius 1 is 1.53 bits per heavy atom. The van der Waals surface area contributed by atoms with E-state index in [4.69, 9.17) is 5.11 Å². The molecule has 1 aliphatic rings. The number of hydrogen-bond acceptors (Lipinski definition) is 3. The Morgan fingerprint density at radius 3 is 3.06 bits per heavy atom. The second kappa shape index (κ2) is 3.69. The van der Waals surface area contributed by atoms with Crippen molar-refractivity contribution < 1.29 is 9.90 Å². The van der Waals surface area contributed by atoms with E-state index in [-0.39, 0.29) is 5.92 Å². The maximum absolute atomic E-state index is 10.9. The monoisotopic (exact) mass is 229 g/mol. The van der Waals surface area contributed by atoms with Gasteiger partial charge in [-0.05, 0) is 12.1 Å². The van der Waals surface area contributed by atoms with Crippen molar-refractivity contribution in [2.45, 2.75) is 13.0 Å². The lowest BCUT2D eigenvalue weighted by molar-refractivity contribution is -0.141. The second-order valence-electron chi connectivity index (χ2n) is 4.18. The Balaban J connectivity index is 1.90. The first-order valence-electron chi connectivity index (χ1n) is 5.43. The number of hydrogen-bond donors (Lipinski definition) is 1. The van der Waals surface area contributed by atoms with Gasteiger partial charge >= 0.3 is 5.97 Å². The quantitative estimate of drug-likeness (QED) is 0.840. The Labute approximate surface area is 97.8 Å². The van der Waals surface area contributed by atoms with Crippen molar-refractivity contribution in [1.82, 2.24) is 14.5 Å². The van der Waals surface area contributed by atoms with Crippen molar-refractivity contribution in [3.63, 3.8) is 0 Å². The van der Waals surface area contributed by atoms with Crippen molar-refractivity contribution in [1.29, 1.82) is 0 Å². The van der Waals surface area contributed by atoms with Gasteiger partial charge in [0.05, 0.1) is 11.6 Å². The standard InChI is InChI=1S/C12H11N3O2/c16-12(17)9-4-11-14-10(7-15(11)6-9)8-2-1-3-13-5-8/h1-3,5,7,9H,4,6H2,(H,16,17). The van der Waals surface area contributed by atoms with E-state index < -0.39 is 5.97 Å². The summed E-state index contributed by atoms with van der Waals surface area (Å²) in [5, 5.41) is 8.94. The molecule has 0 spiro atoms. The summed E-state index contributed by atoms with van der Waals surface area (Å²) in [4.78, 5) is 19.4. The molecule has 3 rings (SSSR count). The minimum Gasteiger partial charge on any atom is -0.481 e. The molecule has 1 N–H and O–H groups in total. The minimum absolute atomic E-state index is 0.333. The van der Waals surface area contributed by atoms with Crippen LogP contribution in [0.3, 0.4) is 0 Å². The summed E-state index contributed by atoms with van der Waals surface area (Å²) >= 11 is 0. The molecule has 0 bridgehead atoms. The number of carboxylic acids is 1. The lowest BCUT2D eigenvalue weighted by Crippen LogP contribution is -2.14. The highest BCUT2D eigenvalue weighted by Gasteiger charge is 2.28. The van der Waals surface area contributed by atoms with Gasteiger partial charge in [0, 0.05) is 37.1 Å². The molecule has 0 aliphatic carbocycles. The van der Waals surface area contributed by atoms with Gasteiger partial charge in [-0.3, -0.25) is 9.78 Å². The maximum atomic E-state index is 10.9. The molecule has 2 aromatic heterocycles. The lowest BCUT2D eigenvalue weighted by Gasteiger charge is -2.01. The Hall–Kier alpha value is -2.17. The van der Waals surface area contributed by atoms with Gasteiger partial charge in [0.1, 0.15) is 5.82 Å². The number of nitrogens with zero attached hydrogens (tertiary/aromatic N) is 3. The molecule has 1 atom stereocenters. The van der Waals surface area contributed by atoms with E-state index in [1.165, 1.54) is 0 Å². The van der Waals surface area contributed by atoms with E-state index in [9.17, 15) is 4.79 Å². The van der Waals surface area contributed by atoms with Gasteiger partial charge in [0.2, 0.25) is 0 Å². The number of carboxylic acid groups (broad SMARTS) is 1. The summed E-state index contributed by atoms with van der Waals surface area (Å²) in [6, 6.07) is 3.81. The highest BCUT2D eigenvalue weighted by atomic mass is 16.4. The summed E-state index contributed by atoms with van der Waals surface area (Å²) < 4.78 is 1.92. The third kappa shape index (κ3) is 1.69. The first kappa shape index (κ1) is 10.0. The molecule has 0 amide bonds. The van der Waals surface area contributed by atoms with Gasteiger partial charge in [-0.2, -0.15) is 0 Å². The molecule has 1 unspecified atom stereocenters. The van der Waals surface area contributed by atoms with Crippen LogP contribution in [-0.2, 0) is 17.8 Å². The normalized spacial score (nSPS) is 18.0. The number of rotatable bonds is 2. The molecule has 0 aromatic carbocycles. The van der Waals surface area contributed by atoms with E-state index in [1.54, 1.807) is 12.4 Å². The molecule has 2 aromatic rings. The number of imidazole rings is 1. The fourth-order valence-electron chi connectivity index (χ4n) is 2.12. The molecule has 3 heterocycles. The van der Waals surface area contributed by atoms with Crippen LogP contribution in [-0.4, -0.2) is 25.6 Å². The lowest BCUT2D eigenvalue weighted by atomic mass is 10.1. The molecule has 0 saturated heterocycles. The van der Waals surface area contributed by atoms with Crippen LogP contribution in [0.5, 0.6) is 0 Å². The summed E-state index contributed by atoms with van der Waals surface area (Å²) in [7, 11) is 0. The topological polar surface area (TPSA) is 68.0 Å². The molecule has 0 fully saturated rings. The Bertz CT molecular complexity index is 539. The highest BCUT2D eigenvalue weighted by Crippen LogP contribution is 2.25. The number of aromatic nitrogens is 3. The fraction of sp³-hybridized carbons (Fsp3) is 0.250. The molecule has 17 heavy (non-hydrogen) atoms. The zero-order valence-corrected chi connectivity index (χ0v) is 9.08. The van der Waals surface area contributed by atoms with Gasteiger partial charge in [-0.15, -0.1) is 0 Å². The zero-order chi connectivity index (χ0) is 11.8. The molecular weight excluding hydrogens is 218 g/mol. The van der Waals surface area contributed by atoms with E-state index in [0.29, 0.717) is 13.0 Å². The van der Waals surface area contributed by atoms with Crippen LogP contribution in [0.2, 0.25) is 0 Å². The fourth-order valence-corrected chi connectivity index (χ4v) is 2.12. The van der Waals surface area contributed by atoms with Crippen LogP contribution in [0.1, 0.15) is 5.82 Å². The van der Waals surface area contributed by atoms with Crippen molar-refractivity contribution >= 4 is 5.97 Å². The Kier molecular flexibility index (Phi) is 2.18. The van der Waals surface area contributed by atoms with Gasteiger partial charge in [-0.1, -0.05) is 0 Å². The van der Waals surface area contributed by atoms with E-state index >= 15 is 0 Å². The van der Waals surface area contributed by atoms with Crippen molar-refractivity contribution in [2.75, 3.05) is 0 Å². The van der Waals surface area contributed by atoms with Crippen LogP contribution < -0.4 is 0 Å². The van der Waals surface area contributed by atoms with Crippen molar-refractivity contribution in [3.05, 3.63) is 36.5 Å². The highest BCUT2D eigenvalue weighted by molar-refractivity contribution is 5.71. The van der Waals surface area contributed by atoms with Crippen molar-refractivity contribution in [2.24, 2.45) is 5.92 Å². The largest absolute Gasteiger partial charge is 0.481 e. The van der Waals surface area contributed by atoms with E-state index in [1.807, 2.05) is 22.9 Å². The SMILES string of the molecule is O=C(O)C1Cc2nc(-c3cccnc3)cn2C1. The van der Waals surface area contributed by atoms with Gasteiger partial charge in [0.25, 0.3) is 0 Å². The summed E-state index contributed by atoms with van der Waals surface area (Å²) in [6.45, 7) is 0.512. The predicted molar refractivity (Wildman–Crippen MR) is 60.3 cm³/mol. The molecule has 5 heteroatoms. The smallest absolute Gasteiger partial charge is 0.308 e. The summed E-state index contributed by atoms with van der Waals surface area (Å²) in [6.07, 6.45) is 5.88. The molecule has 5 nitrogen and oxygen atoms in total. The third-order valence-corrected chi connectivity index (χ3v) is 3.01. The average Bonchev–Trinajstić information content (AvgIpc) is 2.87. The van der Waals surface area contributed by atoms with Crippen LogP contribution in [0.4, 0.5) is 0 Å². The van der Waals surface area contributed by atoms with Crippen LogP contribution in [0.15, 0.2) is 30.7 Å². The summed E-state index contributed by atoms with van der Waals surface area (Å²) in [5.41, 5.74) is 1.82. The number of fused-ring (bicyclic) bond motifs is 1. The molecule has 0 saturated carbocycles. The molecular formula is C12H11N3O2. The van der Waals surface area contributed by atoms with Crippen LogP contribution >= 0.6 is 0 Å². The third-order valence-electron chi connectivity index (χ3n) is 3.01. The molecule has 0 radical (unpaired) electrons. The average molecular weight is 229 g/mol. The van der Waals surface area contributed by atoms with Gasteiger partial charge in [-0.25, -0.2) is 4.98 Å². The zero-order valence-electron chi connectivity index (χ0n) is 9.08. The van der Waals surface area contributed by atoms with E-state index in [0.717, 1.165) is 17.1 Å². The van der Waals surface area contributed by atoms with E-state index in [2.05, 4.69) is 9.97 Å². The second-order valence-corrected chi connectivity index (χ2v) is 4.18.